The van der Waals surface area contributed by atoms with E-state index in [2.05, 4.69) is 5.32 Å². The predicted molar refractivity (Wildman–Crippen MR) is 76.6 cm³/mol. The van der Waals surface area contributed by atoms with Gasteiger partial charge < -0.3 is 20.1 Å². The number of nitrogens with one attached hydrogen (secondary N) is 1. The lowest BCUT2D eigenvalue weighted by molar-refractivity contribution is 0.0697. The number of carboxylic acids is 1. The van der Waals surface area contributed by atoms with Gasteiger partial charge >= 0.3 is 12.0 Å². The molecule has 2 amide bonds. The second-order valence-corrected chi connectivity index (χ2v) is 4.46. The maximum absolute atomic E-state index is 11.9. The van der Waals surface area contributed by atoms with Gasteiger partial charge in [-0.25, -0.2) is 9.59 Å². The molecule has 7 heteroatoms. The molecule has 1 aromatic rings. The van der Waals surface area contributed by atoms with Crippen LogP contribution in [0.25, 0.3) is 0 Å². The summed E-state index contributed by atoms with van der Waals surface area (Å²) in [5, 5.41) is 11.6. The Labute approximate surface area is 122 Å². The number of benzene rings is 1. The maximum Gasteiger partial charge on any atom is 0.335 e. The summed E-state index contributed by atoms with van der Waals surface area (Å²) in [6, 6.07) is 3.79. The van der Waals surface area contributed by atoms with Crippen LogP contribution in [0, 0.1) is 0 Å². The number of rotatable bonds is 6. The molecule has 0 radical (unpaired) electrons. The molecule has 0 aliphatic carbocycles. The molecule has 0 unspecified atom stereocenters. The van der Waals surface area contributed by atoms with Crippen LogP contribution < -0.4 is 5.32 Å². The number of carboxylic acid groups (broad SMARTS) is 1. The molecule has 0 saturated heterocycles. The normalized spacial score (nSPS) is 10.2. The smallest absolute Gasteiger partial charge is 0.335 e. The first kappa shape index (κ1) is 16.3. The highest BCUT2D eigenvalue weighted by atomic mass is 35.5. The number of ether oxygens (including phenoxy) is 1. The van der Waals surface area contributed by atoms with Gasteiger partial charge in [0.2, 0.25) is 0 Å². The quantitative estimate of drug-likeness (QED) is 0.791. The number of amides is 2. The fourth-order valence-electron chi connectivity index (χ4n) is 1.41. The van der Waals surface area contributed by atoms with Gasteiger partial charge in [-0.05, 0) is 25.1 Å². The molecule has 0 fully saturated rings. The van der Waals surface area contributed by atoms with Crippen molar-refractivity contribution in [1.82, 2.24) is 4.90 Å². The fraction of sp³-hybridized carbons (Fsp3) is 0.385. The van der Waals surface area contributed by atoms with Crippen LogP contribution in [-0.4, -0.2) is 48.8 Å². The number of likely N-dealkylation sites (N-methyl/N-ethyl adjacent to an activating group) is 1. The van der Waals surface area contributed by atoms with E-state index in [1.807, 2.05) is 6.92 Å². The number of urea groups is 1. The summed E-state index contributed by atoms with van der Waals surface area (Å²) in [5.74, 6) is -1.07. The Morgan fingerprint density at radius 2 is 2.15 bits per heavy atom. The summed E-state index contributed by atoms with van der Waals surface area (Å²) < 4.78 is 5.16. The van der Waals surface area contributed by atoms with Crippen molar-refractivity contribution < 1.29 is 19.4 Å². The zero-order valence-corrected chi connectivity index (χ0v) is 12.1. The lowest BCUT2D eigenvalue weighted by Crippen LogP contribution is -2.34. The number of aromatic carboxylic acids is 1. The number of carbonyl (C=O) groups is 2. The minimum absolute atomic E-state index is 0.0673. The minimum atomic E-state index is -1.07. The molecule has 0 aromatic heterocycles. The van der Waals surface area contributed by atoms with Gasteiger partial charge in [-0.2, -0.15) is 0 Å². The van der Waals surface area contributed by atoms with Crippen LogP contribution in [0.15, 0.2) is 18.2 Å². The number of halogens is 1. The van der Waals surface area contributed by atoms with Crippen molar-refractivity contribution in [1.29, 1.82) is 0 Å². The first-order valence-electron chi connectivity index (χ1n) is 6.08. The SMILES string of the molecule is CCOCCN(C)C(=O)Nc1ccc(C(=O)O)cc1Cl. The van der Waals surface area contributed by atoms with E-state index in [1.54, 1.807) is 7.05 Å². The van der Waals surface area contributed by atoms with Gasteiger partial charge in [0, 0.05) is 20.2 Å². The van der Waals surface area contributed by atoms with Crippen LogP contribution in [-0.2, 0) is 4.74 Å². The lowest BCUT2D eigenvalue weighted by atomic mass is 10.2. The fourth-order valence-corrected chi connectivity index (χ4v) is 1.64. The Kier molecular flexibility index (Phi) is 6.27. The van der Waals surface area contributed by atoms with Crippen molar-refractivity contribution >= 4 is 29.3 Å². The Morgan fingerprint density at radius 3 is 2.70 bits per heavy atom. The molecule has 20 heavy (non-hydrogen) atoms. The Hall–Kier alpha value is -1.79. The standard InChI is InChI=1S/C13H17ClN2O4/c1-3-20-7-6-16(2)13(19)15-11-5-4-9(12(17)18)8-10(11)14/h4-5,8H,3,6-7H2,1-2H3,(H,15,19)(H,17,18). The largest absolute Gasteiger partial charge is 0.478 e. The molecule has 0 atom stereocenters. The van der Waals surface area contributed by atoms with Crippen molar-refractivity contribution in [3.63, 3.8) is 0 Å². The minimum Gasteiger partial charge on any atom is -0.478 e. The zero-order valence-electron chi connectivity index (χ0n) is 11.4. The Morgan fingerprint density at radius 1 is 1.45 bits per heavy atom. The number of anilines is 1. The highest BCUT2D eigenvalue weighted by Gasteiger charge is 2.12. The van der Waals surface area contributed by atoms with E-state index in [4.69, 9.17) is 21.4 Å². The van der Waals surface area contributed by atoms with Crippen molar-refractivity contribution in [2.75, 3.05) is 32.1 Å². The van der Waals surface area contributed by atoms with E-state index in [9.17, 15) is 9.59 Å². The number of nitrogens with zero attached hydrogens (tertiary/aromatic N) is 1. The second kappa shape index (κ2) is 7.72. The average Bonchev–Trinajstić information content (AvgIpc) is 2.40. The number of hydrogen-bond donors (Lipinski definition) is 2. The molecule has 0 saturated carbocycles. The summed E-state index contributed by atoms with van der Waals surface area (Å²) in [6.07, 6.45) is 0. The van der Waals surface area contributed by atoms with Gasteiger partial charge in [-0.1, -0.05) is 11.6 Å². The molecule has 110 valence electrons. The first-order chi connectivity index (χ1) is 9.45. The molecule has 1 aromatic carbocycles. The molecule has 0 aliphatic rings. The average molecular weight is 301 g/mol. The summed E-state index contributed by atoms with van der Waals surface area (Å²) in [4.78, 5) is 24.1. The molecule has 2 N–H and O–H groups in total. The zero-order chi connectivity index (χ0) is 15.1. The van der Waals surface area contributed by atoms with Crippen molar-refractivity contribution in [3.05, 3.63) is 28.8 Å². The third kappa shape index (κ3) is 4.71. The van der Waals surface area contributed by atoms with Crippen molar-refractivity contribution in [2.45, 2.75) is 6.92 Å². The van der Waals surface area contributed by atoms with E-state index in [-0.39, 0.29) is 16.6 Å². The summed E-state index contributed by atoms with van der Waals surface area (Å²) >= 11 is 5.93. The van der Waals surface area contributed by atoms with Crippen LogP contribution >= 0.6 is 11.6 Å². The Bertz CT molecular complexity index is 493. The van der Waals surface area contributed by atoms with Gasteiger partial charge in [-0.3, -0.25) is 0 Å². The van der Waals surface area contributed by atoms with Gasteiger partial charge in [0.25, 0.3) is 0 Å². The van der Waals surface area contributed by atoms with E-state index in [1.165, 1.54) is 23.1 Å². The molecule has 0 spiro atoms. The van der Waals surface area contributed by atoms with Crippen molar-refractivity contribution in [2.24, 2.45) is 0 Å². The maximum atomic E-state index is 11.9. The van der Waals surface area contributed by atoms with Crippen LogP contribution in [0.3, 0.4) is 0 Å². The van der Waals surface area contributed by atoms with E-state index >= 15 is 0 Å². The van der Waals surface area contributed by atoms with Gasteiger partial charge in [0.1, 0.15) is 0 Å². The summed E-state index contributed by atoms with van der Waals surface area (Å²) in [7, 11) is 1.63. The van der Waals surface area contributed by atoms with E-state index in [0.717, 1.165) is 0 Å². The summed E-state index contributed by atoms with van der Waals surface area (Å²) in [6.45, 7) is 3.37. The number of hydrogen-bond acceptors (Lipinski definition) is 3. The third-order valence-corrected chi connectivity index (χ3v) is 2.89. The van der Waals surface area contributed by atoms with E-state index in [0.29, 0.717) is 25.4 Å². The molecular formula is C13H17ClN2O4. The summed E-state index contributed by atoms with van der Waals surface area (Å²) in [5.41, 5.74) is 0.433. The monoisotopic (exact) mass is 300 g/mol. The van der Waals surface area contributed by atoms with Gasteiger partial charge in [-0.15, -0.1) is 0 Å². The van der Waals surface area contributed by atoms with Gasteiger partial charge in [0.15, 0.2) is 0 Å². The number of carbonyl (C=O) groups excluding carboxylic acids is 1. The van der Waals surface area contributed by atoms with Crippen LogP contribution in [0.1, 0.15) is 17.3 Å². The molecule has 0 bridgehead atoms. The van der Waals surface area contributed by atoms with Crippen LogP contribution in [0.4, 0.5) is 10.5 Å². The third-order valence-electron chi connectivity index (χ3n) is 2.58. The first-order valence-corrected chi connectivity index (χ1v) is 6.46. The lowest BCUT2D eigenvalue weighted by Gasteiger charge is -2.18. The predicted octanol–water partition coefficient (Wildman–Crippen LogP) is 2.54. The topological polar surface area (TPSA) is 78.9 Å². The Balaban J connectivity index is 2.64. The highest BCUT2D eigenvalue weighted by molar-refractivity contribution is 6.34. The highest BCUT2D eigenvalue weighted by Crippen LogP contribution is 2.23. The van der Waals surface area contributed by atoms with Gasteiger partial charge in [0.05, 0.1) is 22.9 Å². The molecule has 0 aliphatic heterocycles. The van der Waals surface area contributed by atoms with Crippen LogP contribution in [0.2, 0.25) is 5.02 Å². The molecule has 1 rings (SSSR count). The van der Waals surface area contributed by atoms with Crippen LogP contribution in [0.5, 0.6) is 0 Å². The van der Waals surface area contributed by atoms with E-state index < -0.39 is 5.97 Å². The molecule has 0 heterocycles. The van der Waals surface area contributed by atoms with Crippen molar-refractivity contribution in [3.8, 4) is 0 Å². The molecular weight excluding hydrogens is 284 g/mol. The molecule has 6 nitrogen and oxygen atoms in total. The second-order valence-electron chi connectivity index (χ2n) is 4.05.